The molecular formula is C11H16F3N3S. The third kappa shape index (κ3) is 3.14. The van der Waals surface area contributed by atoms with Crippen molar-refractivity contribution in [3.63, 3.8) is 0 Å². The van der Waals surface area contributed by atoms with Gasteiger partial charge >= 0.3 is 6.18 Å². The van der Waals surface area contributed by atoms with Crippen LogP contribution in [0.1, 0.15) is 35.9 Å². The SMILES string of the molecule is CN(CCC(F)(F)F)c1nc2c(s1)C(N)CCC2. The molecule has 0 aromatic carbocycles. The van der Waals surface area contributed by atoms with Crippen LogP contribution < -0.4 is 10.6 Å². The summed E-state index contributed by atoms with van der Waals surface area (Å²) in [4.78, 5) is 6.99. The van der Waals surface area contributed by atoms with E-state index in [-0.39, 0.29) is 12.6 Å². The molecule has 18 heavy (non-hydrogen) atoms. The summed E-state index contributed by atoms with van der Waals surface area (Å²) >= 11 is 1.42. The lowest BCUT2D eigenvalue weighted by molar-refractivity contribution is -0.132. The molecule has 0 amide bonds. The minimum atomic E-state index is -4.12. The van der Waals surface area contributed by atoms with Crippen molar-refractivity contribution in [3.8, 4) is 0 Å². The minimum absolute atomic E-state index is 0.00369. The van der Waals surface area contributed by atoms with E-state index in [2.05, 4.69) is 4.98 Å². The summed E-state index contributed by atoms with van der Waals surface area (Å²) in [5.41, 5.74) is 6.94. The highest BCUT2D eigenvalue weighted by atomic mass is 32.1. The Hall–Kier alpha value is -0.820. The lowest BCUT2D eigenvalue weighted by atomic mass is 9.99. The molecule has 0 radical (unpaired) electrons. The molecule has 1 aromatic heterocycles. The maximum Gasteiger partial charge on any atom is 0.390 e. The van der Waals surface area contributed by atoms with Gasteiger partial charge in [-0.2, -0.15) is 13.2 Å². The van der Waals surface area contributed by atoms with Crippen LogP contribution in [-0.2, 0) is 6.42 Å². The molecule has 7 heteroatoms. The number of hydrogen-bond acceptors (Lipinski definition) is 4. The maximum atomic E-state index is 12.2. The van der Waals surface area contributed by atoms with Gasteiger partial charge in [0, 0.05) is 24.5 Å². The van der Waals surface area contributed by atoms with Crippen LogP contribution in [0.4, 0.5) is 18.3 Å². The summed E-state index contributed by atoms with van der Waals surface area (Å²) in [5.74, 6) is 0. The number of alkyl halides is 3. The number of fused-ring (bicyclic) bond motifs is 1. The predicted octanol–water partition coefficient (Wildman–Crippen LogP) is 2.87. The molecule has 1 aliphatic rings. The Morgan fingerprint density at radius 3 is 2.83 bits per heavy atom. The van der Waals surface area contributed by atoms with E-state index in [0.29, 0.717) is 5.13 Å². The lowest BCUT2D eigenvalue weighted by Crippen LogP contribution is -2.23. The van der Waals surface area contributed by atoms with Crippen LogP contribution in [0, 0.1) is 0 Å². The zero-order valence-electron chi connectivity index (χ0n) is 10.1. The molecule has 1 heterocycles. The van der Waals surface area contributed by atoms with Gasteiger partial charge in [-0.05, 0) is 19.3 Å². The van der Waals surface area contributed by atoms with Gasteiger partial charge < -0.3 is 10.6 Å². The number of hydrogen-bond donors (Lipinski definition) is 1. The van der Waals surface area contributed by atoms with E-state index in [9.17, 15) is 13.2 Å². The largest absolute Gasteiger partial charge is 0.390 e. The monoisotopic (exact) mass is 279 g/mol. The molecule has 0 aliphatic heterocycles. The number of aromatic nitrogens is 1. The highest BCUT2D eigenvalue weighted by Gasteiger charge is 2.28. The Kier molecular flexibility index (Phi) is 3.82. The number of rotatable bonds is 3. The highest BCUT2D eigenvalue weighted by Crippen LogP contribution is 2.36. The third-order valence-corrected chi connectivity index (χ3v) is 4.38. The first-order valence-corrected chi connectivity index (χ1v) is 6.71. The fraction of sp³-hybridized carbons (Fsp3) is 0.727. The van der Waals surface area contributed by atoms with E-state index in [1.165, 1.54) is 11.3 Å². The van der Waals surface area contributed by atoms with Crippen molar-refractivity contribution < 1.29 is 13.2 Å². The first-order valence-electron chi connectivity index (χ1n) is 5.90. The van der Waals surface area contributed by atoms with Gasteiger partial charge in [0.2, 0.25) is 0 Å². The summed E-state index contributed by atoms with van der Waals surface area (Å²) in [6.45, 7) is -0.0644. The molecule has 0 fully saturated rings. The van der Waals surface area contributed by atoms with E-state index >= 15 is 0 Å². The summed E-state index contributed by atoms with van der Waals surface area (Å²) in [5, 5.41) is 0.640. The molecule has 0 bridgehead atoms. The van der Waals surface area contributed by atoms with Crippen LogP contribution in [0.3, 0.4) is 0 Å². The number of nitrogens with two attached hydrogens (primary N) is 1. The Bertz CT molecular complexity index is 416. The fourth-order valence-corrected chi connectivity index (χ4v) is 3.13. The number of nitrogens with zero attached hydrogens (tertiary/aromatic N) is 2. The van der Waals surface area contributed by atoms with E-state index in [1.807, 2.05) is 0 Å². The average molecular weight is 279 g/mol. The van der Waals surface area contributed by atoms with E-state index in [0.717, 1.165) is 29.8 Å². The van der Waals surface area contributed by atoms with Crippen LogP contribution in [0.25, 0.3) is 0 Å². The number of thiazole rings is 1. The topological polar surface area (TPSA) is 42.2 Å². The second kappa shape index (κ2) is 5.05. The summed E-state index contributed by atoms with van der Waals surface area (Å²) in [7, 11) is 1.64. The van der Waals surface area contributed by atoms with Gasteiger partial charge in [-0.25, -0.2) is 4.98 Å². The molecule has 3 nitrogen and oxygen atoms in total. The number of halogens is 3. The average Bonchev–Trinajstić information content (AvgIpc) is 2.70. The van der Waals surface area contributed by atoms with Crippen molar-refractivity contribution in [3.05, 3.63) is 10.6 Å². The van der Waals surface area contributed by atoms with Gasteiger partial charge in [-0.3, -0.25) is 0 Å². The lowest BCUT2D eigenvalue weighted by Gasteiger charge is -2.16. The quantitative estimate of drug-likeness (QED) is 0.925. The predicted molar refractivity (Wildman–Crippen MR) is 65.9 cm³/mol. The first kappa shape index (κ1) is 13.6. The highest BCUT2D eigenvalue weighted by molar-refractivity contribution is 7.15. The standard InChI is InChI=1S/C11H16F3N3S/c1-17(6-5-11(12,13)14)10-16-8-4-2-3-7(15)9(8)18-10/h7H,2-6,15H2,1H3. The van der Waals surface area contributed by atoms with Crippen LogP contribution >= 0.6 is 11.3 Å². The second-order valence-electron chi connectivity index (χ2n) is 4.59. The molecule has 1 aromatic rings. The van der Waals surface area contributed by atoms with Gasteiger partial charge in [0.15, 0.2) is 5.13 Å². The molecule has 1 aliphatic carbocycles. The van der Waals surface area contributed by atoms with E-state index in [1.54, 1.807) is 11.9 Å². The first-order chi connectivity index (χ1) is 8.37. The van der Waals surface area contributed by atoms with Gasteiger partial charge in [-0.15, -0.1) is 11.3 Å². The molecule has 0 spiro atoms. The molecule has 2 N–H and O–H groups in total. The fourth-order valence-electron chi connectivity index (χ4n) is 1.99. The second-order valence-corrected chi connectivity index (χ2v) is 5.60. The van der Waals surface area contributed by atoms with Crippen molar-refractivity contribution >= 4 is 16.5 Å². The van der Waals surface area contributed by atoms with Crippen LogP contribution in [0.2, 0.25) is 0 Å². The van der Waals surface area contributed by atoms with E-state index < -0.39 is 12.6 Å². The van der Waals surface area contributed by atoms with Crippen molar-refractivity contribution in [2.75, 3.05) is 18.5 Å². The Morgan fingerprint density at radius 2 is 2.22 bits per heavy atom. The van der Waals surface area contributed by atoms with Gasteiger partial charge in [0.25, 0.3) is 0 Å². The maximum absolute atomic E-state index is 12.2. The molecular weight excluding hydrogens is 263 g/mol. The van der Waals surface area contributed by atoms with Gasteiger partial charge in [0.1, 0.15) is 0 Å². The van der Waals surface area contributed by atoms with Gasteiger partial charge in [0.05, 0.1) is 12.1 Å². The van der Waals surface area contributed by atoms with Crippen LogP contribution in [0.5, 0.6) is 0 Å². The smallest absolute Gasteiger partial charge is 0.351 e. The van der Waals surface area contributed by atoms with E-state index in [4.69, 9.17) is 5.73 Å². The summed E-state index contributed by atoms with van der Waals surface area (Å²) in [6.07, 6.45) is -2.13. The molecule has 0 saturated heterocycles. The number of anilines is 1. The Balaban J connectivity index is 2.05. The Labute approximate surface area is 108 Å². The summed E-state index contributed by atoms with van der Waals surface area (Å²) < 4.78 is 36.5. The van der Waals surface area contributed by atoms with Crippen LogP contribution in [-0.4, -0.2) is 24.8 Å². The molecule has 102 valence electrons. The normalized spacial score (nSPS) is 19.7. The van der Waals surface area contributed by atoms with Crippen molar-refractivity contribution in [2.45, 2.75) is 37.9 Å². The zero-order valence-corrected chi connectivity index (χ0v) is 10.9. The summed E-state index contributed by atoms with van der Waals surface area (Å²) in [6, 6.07) is -0.00369. The molecule has 0 saturated carbocycles. The molecule has 1 atom stereocenters. The molecule has 1 unspecified atom stereocenters. The zero-order chi connectivity index (χ0) is 13.3. The van der Waals surface area contributed by atoms with Crippen molar-refractivity contribution in [1.82, 2.24) is 4.98 Å². The Morgan fingerprint density at radius 1 is 1.50 bits per heavy atom. The number of aryl methyl sites for hydroxylation is 1. The third-order valence-electron chi connectivity index (χ3n) is 3.04. The molecule has 2 rings (SSSR count). The minimum Gasteiger partial charge on any atom is -0.351 e. The van der Waals surface area contributed by atoms with Crippen LogP contribution in [0.15, 0.2) is 0 Å². The van der Waals surface area contributed by atoms with Crippen molar-refractivity contribution in [2.24, 2.45) is 5.73 Å². The van der Waals surface area contributed by atoms with Crippen molar-refractivity contribution in [1.29, 1.82) is 0 Å². The van der Waals surface area contributed by atoms with Gasteiger partial charge in [-0.1, -0.05) is 0 Å².